The predicted octanol–water partition coefficient (Wildman–Crippen LogP) is 1.82. The summed E-state index contributed by atoms with van der Waals surface area (Å²) in [5.41, 5.74) is 1.25. The van der Waals surface area contributed by atoms with Gasteiger partial charge in [-0.3, -0.25) is 10.1 Å². The lowest BCUT2D eigenvalue weighted by Gasteiger charge is -2.23. The number of H-pyrrole nitrogens is 1. The van der Waals surface area contributed by atoms with Gasteiger partial charge in [-0.1, -0.05) is 44.2 Å². The molecule has 1 aromatic carbocycles. The minimum Gasteiger partial charge on any atom is -0.480 e. The van der Waals surface area contributed by atoms with Crippen molar-refractivity contribution in [3.63, 3.8) is 0 Å². The highest BCUT2D eigenvalue weighted by Crippen LogP contribution is 2.19. The highest BCUT2D eigenvalue weighted by Gasteiger charge is 2.30. The summed E-state index contributed by atoms with van der Waals surface area (Å²) in [4.78, 5) is 19.0. The molecule has 0 saturated heterocycles. The summed E-state index contributed by atoms with van der Waals surface area (Å²) in [5.74, 6) is 0.0768. The average Bonchev–Trinajstić information content (AvgIpc) is 3.35. The number of tetrazole rings is 1. The third-order valence-electron chi connectivity index (χ3n) is 4.57. The minimum absolute atomic E-state index is 0.114. The van der Waals surface area contributed by atoms with Crippen molar-refractivity contribution < 1.29 is 9.90 Å². The van der Waals surface area contributed by atoms with Gasteiger partial charge in [0.05, 0.1) is 0 Å². The first-order chi connectivity index (χ1) is 13.6. The number of carboxylic acids is 1. The Bertz CT molecular complexity index is 862. The molecule has 2 atom stereocenters. The molecule has 1 unspecified atom stereocenters. The van der Waals surface area contributed by atoms with Crippen LogP contribution >= 0.6 is 0 Å². The molecule has 0 saturated carbocycles. The number of carbonyl (C=O) groups is 1. The van der Waals surface area contributed by atoms with Crippen LogP contribution in [0.1, 0.15) is 43.5 Å². The van der Waals surface area contributed by atoms with Gasteiger partial charge < -0.3 is 10.1 Å². The molecule has 3 aromatic rings. The lowest BCUT2D eigenvalue weighted by atomic mass is 10.0. The van der Waals surface area contributed by atoms with Crippen molar-refractivity contribution >= 4 is 5.97 Å². The fourth-order valence-electron chi connectivity index (χ4n) is 3.09. The van der Waals surface area contributed by atoms with Crippen LogP contribution in [0.25, 0.3) is 0 Å². The van der Waals surface area contributed by atoms with Gasteiger partial charge in [0.1, 0.15) is 17.9 Å². The number of aromatic nitrogens is 6. The number of nitrogens with zero attached hydrogens (tertiary/aromatic N) is 5. The molecule has 0 bridgehead atoms. The molecular weight excluding hydrogens is 358 g/mol. The summed E-state index contributed by atoms with van der Waals surface area (Å²) in [5, 5.41) is 24.8. The van der Waals surface area contributed by atoms with E-state index in [1.54, 1.807) is 17.1 Å². The summed E-state index contributed by atoms with van der Waals surface area (Å²) in [6.45, 7) is 4.33. The molecule has 0 aliphatic carbocycles. The summed E-state index contributed by atoms with van der Waals surface area (Å²) < 4.78 is 1.71. The maximum absolute atomic E-state index is 11.7. The van der Waals surface area contributed by atoms with Crippen LogP contribution in [0.2, 0.25) is 0 Å². The number of carboxylic acid groups (broad SMARTS) is 1. The second kappa shape index (κ2) is 9.23. The maximum Gasteiger partial charge on any atom is 0.320 e. The standard InChI is InChI=1S/C19H25N7O2/c1-13(2)15(19(27)28)22-16(17-20-10-11-21-17)18-23-24-25-26(18)12-6-9-14-7-4-3-5-8-14/h3-5,7-8,10-11,13,15-16,22H,6,9,12H2,1-2H3,(H,20,21)(H,27,28)/t15-,16?/m0/s1. The second-order valence-corrected chi connectivity index (χ2v) is 6.98. The number of benzene rings is 1. The molecular formula is C19H25N7O2. The van der Waals surface area contributed by atoms with Gasteiger partial charge in [0.25, 0.3) is 0 Å². The predicted molar refractivity (Wildman–Crippen MR) is 102 cm³/mol. The van der Waals surface area contributed by atoms with Gasteiger partial charge in [-0.2, -0.15) is 0 Å². The highest BCUT2D eigenvalue weighted by atomic mass is 16.4. The van der Waals surface area contributed by atoms with Gasteiger partial charge >= 0.3 is 5.97 Å². The Balaban J connectivity index is 1.77. The zero-order valence-electron chi connectivity index (χ0n) is 16.0. The molecule has 0 fully saturated rings. The molecule has 0 radical (unpaired) electrons. The van der Waals surface area contributed by atoms with Crippen LogP contribution < -0.4 is 5.32 Å². The molecule has 28 heavy (non-hydrogen) atoms. The maximum atomic E-state index is 11.7. The van der Waals surface area contributed by atoms with Crippen molar-refractivity contribution in [1.29, 1.82) is 0 Å². The summed E-state index contributed by atoms with van der Waals surface area (Å²) in [6, 6.07) is 8.91. The van der Waals surface area contributed by atoms with Gasteiger partial charge in [0.2, 0.25) is 0 Å². The topological polar surface area (TPSA) is 122 Å². The SMILES string of the molecule is CC(C)[C@H](NC(c1ncc[nH]1)c1nnnn1CCCc1ccccc1)C(=O)O. The first kappa shape index (κ1) is 19.7. The molecule has 2 heterocycles. The van der Waals surface area contributed by atoms with E-state index in [1.165, 1.54) is 5.56 Å². The molecule has 9 heteroatoms. The van der Waals surface area contributed by atoms with E-state index in [0.29, 0.717) is 18.2 Å². The van der Waals surface area contributed by atoms with E-state index in [1.807, 2.05) is 32.0 Å². The van der Waals surface area contributed by atoms with Crippen LogP contribution in [-0.4, -0.2) is 47.3 Å². The molecule has 0 spiro atoms. The Morgan fingerprint density at radius 3 is 2.71 bits per heavy atom. The lowest BCUT2D eigenvalue weighted by molar-refractivity contribution is -0.140. The number of aryl methyl sites for hydroxylation is 2. The van der Waals surface area contributed by atoms with Crippen LogP contribution in [0.5, 0.6) is 0 Å². The molecule has 0 aliphatic heterocycles. The van der Waals surface area contributed by atoms with E-state index in [9.17, 15) is 9.90 Å². The van der Waals surface area contributed by atoms with Crippen molar-refractivity contribution in [2.45, 2.75) is 45.3 Å². The first-order valence-electron chi connectivity index (χ1n) is 9.34. The minimum atomic E-state index is -0.922. The van der Waals surface area contributed by atoms with E-state index in [0.717, 1.165) is 12.8 Å². The molecule has 0 aliphatic rings. The van der Waals surface area contributed by atoms with E-state index in [4.69, 9.17) is 0 Å². The van der Waals surface area contributed by atoms with E-state index in [2.05, 4.69) is 42.9 Å². The second-order valence-electron chi connectivity index (χ2n) is 6.98. The van der Waals surface area contributed by atoms with Gasteiger partial charge in [-0.05, 0) is 34.7 Å². The van der Waals surface area contributed by atoms with E-state index in [-0.39, 0.29) is 5.92 Å². The first-order valence-corrected chi connectivity index (χ1v) is 9.34. The Morgan fingerprint density at radius 2 is 2.07 bits per heavy atom. The fraction of sp³-hybridized carbons (Fsp3) is 0.421. The van der Waals surface area contributed by atoms with Crippen molar-refractivity contribution in [3.05, 3.63) is 59.9 Å². The quantitative estimate of drug-likeness (QED) is 0.488. The number of imidazole rings is 1. The molecule has 148 valence electrons. The molecule has 3 rings (SSSR count). The largest absolute Gasteiger partial charge is 0.480 e. The van der Waals surface area contributed by atoms with Crippen molar-refractivity contribution in [3.8, 4) is 0 Å². The average molecular weight is 383 g/mol. The van der Waals surface area contributed by atoms with Crippen LogP contribution in [0.3, 0.4) is 0 Å². The summed E-state index contributed by atoms with van der Waals surface area (Å²) in [7, 11) is 0. The smallest absolute Gasteiger partial charge is 0.320 e. The Kier molecular flexibility index (Phi) is 6.49. The van der Waals surface area contributed by atoms with Crippen molar-refractivity contribution in [2.75, 3.05) is 0 Å². The number of hydrogen-bond donors (Lipinski definition) is 3. The number of rotatable bonds is 10. The van der Waals surface area contributed by atoms with Gasteiger partial charge in [-0.25, -0.2) is 9.67 Å². The fourth-order valence-corrected chi connectivity index (χ4v) is 3.09. The van der Waals surface area contributed by atoms with Gasteiger partial charge in [0, 0.05) is 18.9 Å². The molecule has 3 N–H and O–H groups in total. The summed E-state index contributed by atoms with van der Waals surface area (Å²) >= 11 is 0. The number of aromatic amines is 1. The zero-order valence-corrected chi connectivity index (χ0v) is 16.0. The van der Waals surface area contributed by atoms with Crippen molar-refractivity contribution in [1.82, 2.24) is 35.5 Å². The molecule has 9 nitrogen and oxygen atoms in total. The Morgan fingerprint density at radius 1 is 1.29 bits per heavy atom. The van der Waals surface area contributed by atoms with Crippen LogP contribution in [0.4, 0.5) is 0 Å². The zero-order chi connectivity index (χ0) is 19.9. The molecule has 0 amide bonds. The van der Waals surface area contributed by atoms with Crippen LogP contribution in [0.15, 0.2) is 42.7 Å². The van der Waals surface area contributed by atoms with E-state index >= 15 is 0 Å². The number of nitrogens with one attached hydrogen (secondary N) is 2. The Hall–Kier alpha value is -3.07. The van der Waals surface area contributed by atoms with Crippen molar-refractivity contribution in [2.24, 2.45) is 5.92 Å². The number of aliphatic carboxylic acids is 1. The monoisotopic (exact) mass is 383 g/mol. The lowest BCUT2D eigenvalue weighted by Crippen LogP contribution is -2.44. The normalized spacial score (nSPS) is 13.5. The highest BCUT2D eigenvalue weighted by molar-refractivity contribution is 5.73. The summed E-state index contributed by atoms with van der Waals surface area (Å²) in [6.07, 6.45) is 5.08. The Labute approximate surface area is 163 Å². The molecule has 2 aromatic heterocycles. The van der Waals surface area contributed by atoms with Gasteiger partial charge in [-0.15, -0.1) is 5.10 Å². The van der Waals surface area contributed by atoms with E-state index < -0.39 is 18.1 Å². The van der Waals surface area contributed by atoms with Crippen LogP contribution in [-0.2, 0) is 17.8 Å². The number of hydrogen-bond acceptors (Lipinski definition) is 6. The third kappa shape index (κ3) is 4.80. The third-order valence-corrected chi connectivity index (χ3v) is 4.57. The van der Waals surface area contributed by atoms with Gasteiger partial charge in [0.15, 0.2) is 5.82 Å². The van der Waals surface area contributed by atoms with Crippen LogP contribution in [0, 0.1) is 5.92 Å².